The third-order valence-corrected chi connectivity index (χ3v) is 2.65. The van der Waals surface area contributed by atoms with Gasteiger partial charge >= 0.3 is 0 Å². The summed E-state index contributed by atoms with van der Waals surface area (Å²) in [6, 6.07) is 0.682. The van der Waals surface area contributed by atoms with Crippen molar-refractivity contribution in [1.82, 2.24) is 10.2 Å². The van der Waals surface area contributed by atoms with Crippen LogP contribution in [0.5, 0.6) is 0 Å². The third-order valence-electron chi connectivity index (χ3n) is 2.65. The summed E-state index contributed by atoms with van der Waals surface area (Å²) in [5.74, 6) is 1.25. The van der Waals surface area contributed by atoms with Gasteiger partial charge in [0, 0.05) is 26.1 Å². The van der Waals surface area contributed by atoms with Crippen LogP contribution >= 0.6 is 0 Å². The Morgan fingerprint density at radius 3 is 3.00 bits per heavy atom. The average Bonchev–Trinajstić information content (AvgIpc) is 2.47. The van der Waals surface area contributed by atoms with Gasteiger partial charge in [0.05, 0.1) is 11.9 Å². The highest BCUT2D eigenvalue weighted by molar-refractivity contribution is 5.83. The van der Waals surface area contributed by atoms with E-state index in [4.69, 9.17) is 0 Å². The number of aliphatic imine (C=N–C) groups is 1. The van der Waals surface area contributed by atoms with Gasteiger partial charge in [-0.25, -0.2) is 0 Å². The fourth-order valence-electron chi connectivity index (χ4n) is 1.81. The van der Waals surface area contributed by atoms with Crippen LogP contribution in [0, 0.1) is 0 Å². The van der Waals surface area contributed by atoms with Gasteiger partial charge in [0.2, 0.25) is 0 Å². The Morgan fingerprint density at radius 1 is 1.58 bits per heavy atom. The number of nitrogens with one attached hydrogen (secondary N) is 1. The Balaban J connectivity index is 1.69. The predicted octanol–water partition coefficient (Wildman–Crippen LogP) is 0.472. The molecule has 12 heavy (non-hydrogen) atoms. The van der Waals surface area contributed by atoms with E-state index >= 15 is 0 Å². The molecule has 2 heterocycles. The summed E-state index contributed by atoms with van der Waals surface area (Å²) >= 11 is 0. The maximum Gasteiger partial charge on any atom is 0.0966 e. The summed E-state index contributed by atoms with van der Waals surface area (Å²) < 4.78 is 0. The molecule has 0 bridgehead atoms. The second-order valence-electron chi connectivity index (χ2n) is 3.63. The van der Waals surface area contributed by atoms with Crippen LogP contribution in [-0.2, 0) is 0 Å². The normalized spacial score (nSPS) is 25.2. The molecule has 1 saturated heterocycles. The van der Waals surface area contributed by atoms with Crippen LogP contribution in [0.15, 0.2) is 4.99 Å². The van der Waals surface area contributed by atoms with Crippen molar-refractivity contribution in [2.45, 2.75) is 25.8 Å². The van der Waals surface area contributed by atoms with Gasteiger partial charge in [-0.2, -0.15) is 0 Å². The first-order valence-electron chi connectivity index (χ1n) is 4.90. The van der Waals surface area contributed by atoms with E-state index in [9.17, 15) is 0 Å². The lowest BCUT2D eigenvalue weighted by molar-refractivity contribution is 0.147. The number of hydrogen-bond donors (Lipinski definition) is 1. The van der Waals surface area contributed by atoms with Gasteiger partial charge in [0.15, 0.2) is 0 Å². The van der Waals surface area contributed by atoms with Crippen molar-refractivity contribution in [2.75, 3.05) is 26.2 Å². The van der Waals surface area contributed by atoms with Gasteiger partial charge in [0.25, 0.3) is 0 Å². The lowest BCUT2D eigenvalue weighted by Crippen LogP contribution is -2.58. The molecule has 0 aromatic heterocycles. The van der Waals surface area contributed by atoms with E-state index in [0.717, 1.165) is 6.54 Å². The fourth-order valence-corrected chi connectivity index (χ4v) is 1.81. The highest BCUT2D eigenvalue weighted by Gasteiger charge is 2.25. The minimum absolute atomic E-state index is 0.682. The summed E-state index contributed by atoms with van der Waals surface area (Å²) in [4.78, 5) is 6.83. The quantitative estimate of drug-likeness (QED) is 0.647. The van der Waals surface area contributed by atoms with Crippen molar-refractivity contribution in [3.05, 3.63) is 0 Å². The smallest absolute Gasteiger partial charge is 0.0966 e. The van der Waals surface area contributed by atoms with Crippen molar-refractivity contribution in [3.63, 3.8) is 0 Å². The van der Waals surface area contributed by atoms with Crippen LogP contribution in [0.1, 0.15) is 19.8 Å². The molecule has 3 heteroatoms. The largest absolute Gasteiger partial charge is 0.369 e. The summed E-state index contributed by atoms with van der Waals surface area (Å²) in [5.41, 5.74) is 0. The molecule has 0 radical (unpaired) electrons. The van der Waals surface area contributed by atoms with E-state index in [1.165, 1.54) is 38.3 Å². The Bertz CT molecular complexity index is 182. The van der Waals surface area contributed by atoms with Crippen molar-refractivity contribution < 1.29 is 0 Å². The zero-order valence-corrected chi connectivity index (χ0v) is 7.71. The van der Waals surface area contributed by atoms with Gasteiger partial charge in [-0.3, -0.25) is 9.89 Å². The van der Waals surface area contributed by atoms with Crippen LogP contribution in [0.4, 0.5) is 0 Å². The van der Waals surface area contributed by atoms with Gasteiger partial charge in [-0.05, 0) is 13.0 Å². The molecule has 68 valence electrons. The number of nitrogens with zero attached hydrogens (tertiary/aromatic N) is 2. The van der Waals surface area contributed by atoms with E-state index in [2.05, 4.69) is 22.1 Å². The monoisotopic (exact) mass is 167 g/mol. The number of likely N-dealkylation sites (N-methyl/N-ethyl adjacent to an activating group) is 1. The van der Waals surface area contributed by atoms with Gasteiger partial charge in [-0.1, -0.05) is 6.92 Å². The molecule has 0 spiro atoms. The first-order chi connectivity index (χ1) is 5.88. The highest BCUT2D eigenvalue weighted by Crippen LogP contribution is 2.09. The van der Waals surface area contributed by atoms with Gasteiger partial charge < -0.3 is 5.32 Å². The Morgan fingerprint density at radius 2 is 2.42 bits per heavy atom. The molecule has 2 aliphatic heterocycles. The zero-order chi connectivity index (χ0) is 8.39. The van der Waals surface area contributed by atoms with Gasteiger partial charge in [0.1, 0.15) is 0 Å². The van der Waals surface area contributed by atoms with E-state index in [1.54, 1.807) is 0 Å². The topological polar surface area (TPSA) is 27.6 Å². The predicted molar refractivity (Wildman–Crippen MR) is 50.6 cm³/mol. The Kier molecular flexibility index (Phi) is 2.30. The van der Waals surface area contributed by atoms with Crippen LogP contribution < -0.4 is 5.32 Å². The van der Waals surface area contributed by atoms with E-state index in [0.29, 0.717) is 6.04 Å². The number of hydrogen-bond acceptors (Lipinski definition) is 3. The summed E-state index contributed by atoms with van der Waals surface area (Å²) in [6.07, 6.45) is 2.41. The van der Waals surface area contributed by atoms with Crippen molar-refractivity contribution in [2.24, 2.45) is 4.99 Å². The van der Waals surface area contributed by atoms with Gasteiger partial charge in [-0.15, -0.1) is 0 Å². The highest BCUT2D eigenvalue weighted by atomic mass is 15.3. The molecule has 1 N–H and O–H groups in total. The Labute approximate surface area is 73.9 Å². The molecule has 0 unspecified atom stereocenters. The molecule has 0 amide bonds. The molecule has 3 nitrogen and oxygen atoms in total. The molecular weight excluding hydrogens is 150 g/mol. The van der Waals surface area contributed by atoms with Crippen LogP contribution in [0.25, 0.3) is 0 Å². The Hall–Kier alpha value is -0.570. The second kappa shape index (κ2) is 3.44. The molecule has 0 aromatic carbocycles. The molecular formula is C9H17N3. The number of likely N-dealkylation sites (tertiary alicyclic amines) is 1. The molecule has 2 aliphatic rings. The summed E-state index contributed by atoms with van der Waals surface area (Å²) in [5, 5.41) is 3.49. The van der Waals surface area contributed by atoms with Crippen molar-refractivity contribution >= 4 is 5.84 Å². The number of rotatable bonds is 2. The van der Waals surface area contributed by atoms with E-state index in [1.807, 2.05) is 0 Å². The molecule has 0 saturated carbocycles. The molecule has 0 aromatic rings. The maximum absolute atomic E-state index is 4.40. The van der Waals surface area contributed by atoms with Crippen molar-refractivity contribution in [3.8, 4) is 0 Å². The molecule has 1 fully saturated rings. The maximum atomic E-state index is 4.40. The van der Waals surface area contributed by atoms with Crippen LogP contribution in [0.3, 0.4) is 0 Å². The van der Waals surface area contributed by atoms with Crippen molar-refractivity contribution in [1.29, 1.82) is 0 Å². The van der Waals surface area contributed by atoms with Crippen LogP contribution in [-0.4, -0.2) is 43.0 Å². The van der Waals surface area contributed by atoms with E-state index in [-0.39, 0.29) is 0 Å². The standard InChI is InChI=1S/C9H17N3/c1-2-12-6-8(7-12)11-9-4-3-5-10-9/h8H,2-7H2,1H3,(H,10,11). The first-order valence-corrected chi connectivity index (χ1v) is 4.90. The minimum atomic E-state index is 0.682. The number of amidine groups is 1. The molecule has 0 atom stereocenters. The SMILES string of the molecule is CCN1CC(NC2=NCCC2)C1. The fraction of sp³-hybridized carbons (Fsp3) is 0.889. The molecule has 0 aliphatic carbocycles. The summed E-state index contributed by atoms with van der Waals surface area (Å²) in [6.45, 7) is 6.84. The minimum Gasteiger partial charge on any atom is -0.369 e. The third kappa shape index (κ3) is 1.61. The molecule has 2 rings (SSSR count). The lowest BCUT2D eigenvalue weighted by Gasteiger charge is -2.39. The van der Waals surface area contributed by atoms with E-state index < -0.39 is 0 Å². The summed E-state index contributed by atoms with van der Waals surface area (Å²) in [7, 11) is 0. The second-order valence-corrected chi connectivity index (χ2v) is 3.63. The zero-order valence-electron chi connectivity index (χ0n) is 7.71. The average molecular weight is 167 g/mol. The lowest BCUT2D eigenvalue weighted by atomic mass is 10.1. The first kappa shape index (κ1) is 8.05. The van der Waals surface area contributed by atoms with Crippen LogP contribution in [0.2, 0.25) is 0 Å².